The molecule has 0 radical (unpaired) electrons. The van der Waals surface area contributed by atoms with Gasteiger partial charge in [0.05, 0.1) is 10.2 Å². The quantitative estimate of drug-likeness (QED) is 0.864. The van der Waals surface area contributed by atoms with Crippen molar-refractivity contribution >= 4 is 21.9 Å². The van der Waals surface area contributed by atoms with Gasteiger partial charge in [-0.05, 0) is 40.2 Å². The minimum atomic E-state index is -0.305. The molecule has 2 N–H and O–H groups in total. The second-order valence-corrected chi connectivity index (χ2v) is 3.78. The average molecular weight is 268 g/mol. The summed E-state index contributed by atoms with van der Waals surface area (Å²) in [5.41, 5.74) is 6.91. The van der Waals surface area contributed by atoms with E-state index >= 15 is 0 Å². The first-order valence-corrected chi connectivity index (χ1v) is 5.00. The highest BCUT2D eigenvalue weighted by atomic mass is 79.9. The van der Waals surface area contributed by atoms with Gasteiger partial charge in [0.2, 0.25) is 5.95 Å². The van der Waals surface area contributed by atoms with Crippen molar-refractivity contribution in [2.24, 2.45) is 0 Å². The molecule has 0 amide bonds. The number of nitrogens with two attached hydrogens (primary N) is 1. The molecular weight excluding hydrogens is 261 g/mol. The lowest BCUT2D eigenvalue weighted by atomic mass is 10.1. The fourth-order valence-electron chi connectivity index (χ4n) is 1.19. The second kappa shape index (κ2) is 3.94. The first-order valence-electron chi connectivity index (χ1n) is 4.21. The van der Waals surface area contributed by atoms with Crippen molar-refractivity contribution in [3.05, 3.63) is 40.8 Å². The summed E-state index contributed by atoms with van der Waals surface area (Å²) in [6.45, 7) is 0. The molecule has 0 saturated carbocycles. The third kappa shape index (κ3) is 2.12. The Bertz CT molecular complexity index is 502. The van der Waals surface area contributed by atoms with Crippen molar-refractivity contribution in [1.82, 2.24) is 9.97 Å². The average Bonchev–Trinajstić information content (AvgIpc) is 2.22. The first-order chi connectivity index (χ1) is 7.16. The van der Waals surface area contributed by atoms with E-state index in [-0.39, 0.29) is 11.8 Å². The molecule has 1 aromatic heterocycles. The Hall–Kier alpha value is -1.49. The molecule has 0 spiro atoms. The standard InChI is InChI=1S/C10H7BrFN3/c11-7-5-6(1-2-8(7)12)9-3-4-14-10(13)15-9/h1-5H,(H2,13,14,15). The topological polar surface area (TPSA) is 51.8 Å². The third-order valence-electron chi connectivity index (χ3n) is 1.89. The highest BCUT2D eigenvalue weighted by molar-refractivity contribution is 9.10. The van der Waals surface area contributed by atoms with E-state index in [1.165, 1.54) is 6.07 Å². The molecule has 15 heavy (non-hydrogen) atoms. The van der Waals surface area contributed by atoms with Gasteiger partial charge < -0.3 is 5.73 Å². The largest absolute Gasteiger partial charge is 0.368 e. The van der Waals surface area contributed by atoms with Gasteiger partial charge in [0.15, 0.2) is 0 Å². The summed E-state index contributed by atoms with van der Waals surface area (Å²) >= 11 is 3.11. The van der Waals surface area contributed by atoms with Gasteiger partial charge in [-0.25, -0.2) is 14.4 Å². The summed E-state index contributed by atoms with van der Waals surface area (Å²) in [4.78, 5) is 7.82. The fourth-order valence-corrected chi connectivity index (χ4v) is 1.57. The number of hydrogen-bond donors (Lipinski definition) is 1. The summed E-state index contributed by atoms with van der Waals surface area (Å²) in [6.07, 6.45) is 1.56. The molecule has 0 unspecified atom stereocenters. The summed E-state index contributed by atoms with van der Waals surface area (Å²) in [7, 11) is 0. The zero-order valence-corrected chi connectivity index (χ0v) is 9.20. The van der Waals surface area contributed by atoms with E-state index in [0.717, 1.165) is 5.56 Å². The van der Waals surface area contributed by atoms with Crippen molar-refractivity contribution in [2.75, 3.05) is 5.73 Å². The van der Waals surface area contributed by atoms with E-state index in [1.807, 2.05) is 0 Å². The van der Waals surface area contributed by atoms with Gasteiger partial charge in [0, 0.05) is 11.8 Å². The van der Waals surface area contributed by atoms with Crippen LogP contribution < -0.4 is 5.73 Å². The molecule has 1 aromatic carbocycles. The highest BCUT2D eigenvalue weighted by Gasteiger charge is 2.04. The molecule has 1 heterocycles. The molecule has 0 atom stereocenters. The van der Waals surface area contributed by atoms with Crippen LogP contribution in [0.4, 0.5) is 10.3 Å². The third-order valence-corrected chi connectivity index (χ3v) is 2.50. The Labute approximate surface area is 94.3 Å². The molecular formula is C10H7BrFN3. The molecule has 0 aliphatic rings. The number of anilines is 1. The van der Waals surface area contributed by atoms with Crippen molar-refractivity contribution in [3.8, 4) is 11.3 Å². The zero-order valence-electron chi connectivity index (χ0n) is 7.61. The van der Waals surface area contributed by atoms with E-state index in [2.05, 4.69) is 25.9 Å². The normalized spacial score (nSPS) is 10.3. The van der Waals surface area contributed by atoms with Gasteiger partial charge in [-0.3, -0.25) is 0 Å². The predicted molar refractivity (Wildman–Crippen MR) is 59.5 cm³/mol. The predicted octanol–water partition coefficient (Wildman–Crippen LogP) is 2.63. The van der Waals surface area contributed by atoms with Crippen LogP contribution in [0.5, 0.6) is 0 Å². The molecule has 5 heteroatoms. The lowest BCUT2D eigenvalue weighted by molar-refractivity contribution is 0.621. The number of nitrogens with zero attached hydrogens (tertiary/aromatic N) is 2. The van der Waals surface area contributed by atoms with E-state index in [4.69, 9.17) is 5.73 Å². The van der Waals surface area contributed by atoms with E-state index in [9.17, 15) is 4.39 Å². The Kier molecular flexibility index (Phi) is 2.64. The summed E-state index contributed by atoms with van der Waals surface area (Å²) in [5.74, 6) is -0.103. The number of hydrogen-bond acceptors (Lipinski definition) is 3. The van der Waals surface area contributed by atoms with E-state index < -0.39 is 0 Å². The smallest absolute Gasteiger partial charge is 0.220 e. The van der Waals surface area contributed by atoms with Crippen LogP contribution >= 0.6 is 15.9 Å². The first kappa shape index (κ1) is 10.0. The van der Waals surface area contributed by atoms with Crippen LogP contribution in [0, 0.1) is 5.82 Å². The Morgan fingerprint density at radius 2 is 2.07 bits per heavy atom. The van der Waals surface area contributed by atoms with Crippen molar-refractivity contribution in [3.63, 3.8) is 0 Å². The molecule has 3 nitrogen and oxygen atoms in total. The van der Waals surface area contributed by atoms with Crippen molar-refractivity contribution in [2.45, 2.75) is 0 Å². The lowest BCUT2D eigenvalue weighted by Gasteiger charge is -2.02. The summed E-state index contributed by atoms with van der Waals surface area (Å²) in [6, 6.07) is 6.38. The second-order valence-electron chi connectivity index (χ2n) is 2.93. The Balaban J connectivity index is 2.50. The van der Waals surface area contributed by atoms with Gasteiger partial charge in [0.1, 0.15) is 5.82 Å². The molecule has 0 fully saturated rings. The number of aromatic nitrogens is 2. The van der Waals surface area contributed by atoms with Crippen LogP contribution in [0.3, 0.4) is 0 Å². The maximum absolute atomic E-state index is 13.0. The highest BCUT2D eigenvalue weighted by Crippen LogP contribution is 2.23. The minimum absolute atomic E-state index is 0.202. The van der Waals surface area contributed by atoms with Crippen LogP contribution in [-0.2, 0) is 0 Å². The monoisotopic (exact) mass is 267 g/mol. The Morgan fingerprint density at radius 1 is 1.27 bits per heavy atom. The summed E-state index contributed by atoms with van der Waals surface area (Å²) < 4.78 is 13.4. The number of benzene rings is 1. The van der Waals surface area contributed by atoms with Gasteiger partial charge in [-0.15, -0.1) is 0 Å². The van der Waals surface area contributed by atoms with Gasteiger partial charge >= 0.3 is 0 Å². The molecule has 0 bridgehead atoms. The number of rotatable bonds is 1. The molecule has 2 aromatic rings. The molecule has 0 aliphatic heterocycles. The minimum Gasteiger partial charge on any atom is -0.368 e. The van der Waals surface area contributed by atoms with Crippen LogP contribution in [0.15, 0.2) is 34.9 Å². The van der Waals surface area contributed by atoms with E-state index in [0.29, 0.717) is 10.2 Å². The van der Waals surface area contributed by atoms with Crippen LogP contribution in [-0.4, -0.2) is 9.97 Å². The summed E-state index contributed by atoms with van der Waals surface area (Å²) in [5, 5.41) is 0. The van der Waals surface area contributed by atoms with Gasteiger partial charge in [-0.1, -0.05) is 0 Å². The number of nitrogen functional groups attached to an aromatic ring is 1. The van der Waals surface area contributed by atoms with Crippen molar-refractivity contribution in [1.29, 1.82) is 0 Å². The van der Waals surface area contributed by atoms with Gasteiger partial charge in [-0.2, -0.15) is 0 Å². The van der Waals surface area contributed by atoms with Crippen LogP contribution in [0.1, 0.15) is 0 Å². The zero-order chi connectivity index (χ0) is 10.8. The molecule has 0 aliphatic carbocycles. The van der Waals surface area contributed by atoms with Crippen LogP contribution in [0.2, 0.25) is 0 Å². The SMILES string of the molecule is Nc1nccc(-c2ccc(F)c(Br)c2)n1. The van der Waals surface area contributed by atoms with Gasteiger partial charge in [0.25, 0.3) is 0 Å². The maximum atomic E-state index is 13.0. The Morgan fingerprint density at radius 3 is 2.73 bits per heavy atom. The lowest BCUT2D eigenvalue weighted by Crippen LogP contribution is -1.95. The molecule has 2 rings (SSSR count). The molecule has 0 saturated heterocycles. The van der Waals surface area contributed by atoms with E-state index in [1.54, 1.807) is 24.4 Å². The van der Waals surface area contributed by atoms with Crippen LogP contribution in [0.25, 0.3) is 11.3 Å². The van der Waals surface area contributed by atoms with Crippen molar-refractivity contribution < 1.29 is 4.39 Å². The number of halogens is 2. The molecule has 76 valence electrons. The fraction of sp³-hybridized carbons (Fsp3) is 0. The maximum Gasteiger partial charge on any atom is 0.220 e.